The molecule has 0 saturated heterocycles. The molecule has 4 nitrogen and oxygen atoms in total. The highest BCUT2D eigenvalue weighted by molar-refractivity contribution is 5.70. The van der Waals surface area contributed by atoms with E-state index in [1.165, 1.54) is 0 Å². The van der Waals surface area contributed by atoms with Gasteiger partial charge in [-0.15, -0.1) is 13.2 Å². The monoisotopic (exact) mass is 236 g/mol. The van der Waals surface area contributed by atoms with E-state index in [1.54, 1.807) is 0 Å². The van der Waals surface area contributed by atoms with Crippen molar-refractivity contribution in [1.29, 1.82) is 0 Å². The number of esters is 1. The van der Waals surface area contributed by atoms with Crippen molar-refractivity contribution in [3.63, 3.8) is 0 Å². The second kappa shape index (κ2) is 4.30. The summed E-state index contributed by atoms with van der Waals surface area (Å²) in [6.45, 7) is 1.10. The van der Waals surface area contributed by atoms with Gasteiger partial charge in [-0.25, -0.2) is 0 Å². The lowest BCUT2D eigenvalue weighted by Gasteiger charge is -2.10. The van der Waals surface area contributed by atoms with E-state index in [-0.39, 0.29) is 5.75 Å². The van der Waals surface area contributed by atoms with Crippen molar-refractivity contribution in [2.75, 3.05) is 0 Å². The molecule has 0 saturated carbocycles. The van der Waals surface area contributed by atoms with E-state index in [2.05, 4.69) is 9.47 Å². The molecule has 7 heteroatoms. The van der Waals surface area contributed by atoms with Crippen LogP contribution < -0.4 is 9.47 Å². The number of carbonyl (C=O) groups excluding carboxylic acids is 1. The molecule has 0 aliphatic rings. The molecule has 1 aromatic rings. The van der Waals surface area contributed by atoms with Gasteiger partial charge in [0.1, 0.15) is 5.75 Å². The van der Waals surface area contributed by atoms with Crippen molar-refractivity contribution in [2.45, 2.75) is 13.3 Å². The van der Waals surface area contributed by atoms with Crippen molar-refractivity contribution in [3.05, 3.63) is 18.2 Å². The van der Waals surface area contributed by atoms with Gasteiger partial charge in [-0.3, -0.25) is 4.79 Å². The fourth-order valence-corrected chi connectivity index (χ4v) is 0.935. The van der Waals surface area contributed by atoms with Crippen LogP contribution in [0.4, 0.5) is 13.2 Å². The Labute approximate surface area is 88.2 Å². The van der Waals surface area contributed by atoms with E-state index >= 15 is 0 Å². The minimum Gasteiger partial charge on any atom is -0.504 e. The van der Waals surface area contributed by atoms with Crippen LogP contribution in [0.5, 0.6) is 17.2 Å². The van der Waals surface area contributed by atoms with Gasteiger partial charge in [0.2, 0.25) is 0 Å². The summed E-state index contributed by atoms with van der Waals surface area (Å²) in [6.07, 6.45) is -4.84. The molecular weight excluding hydrogens is 229 g/mol. The van der Waals surface area contributed by atoms with Crippen molar-refractivity contribution in [3.8, 4) is 17.2 Å². The van der Waals surface area contributed by atoms with Gasteiger partial charge in [0.25, 0.3) is 0 Å². The number of ether oxygens (including phenoxy) is 2. The molecule has 0 heterocycles. The molecule has 0 radical (unpaired) electrons. The largest absolute Gasteiger partial charge is 0.573 e. The Hall–Kier alpha value is -1.92. The van der Waals surface area contributed by atoms with Crippen LogP contribution >= 0.6 is 0 Å². The molecule has 0 fully saturated rings. The number of hydrogen-bond donors (Lipinski definition) is 1. The molecule has 1 rings (SSSR count). The fraction of sp³-hybridized carbons (Fsp3) is 0.222. The molecule has 1 N–H and O–H groups in total. The fourth-order valence-electron chi connectivity index (χ4n) is 0.935. The molecule has 16 heavy (non-hydrogen) atoms. The first-order valence-electron chi connectivity index (χ1n) is 4.05. The maximum Gasteiger partial charge on any atom is 0.573 e. The third-order valence-electron chi connectivity index (χ3n) is 1.42. The van der Waals surface area contributed by atoms with Crippen LogP contribution in [-0.4, -0.2) is 17.4 Å². The summed E-state index contributed by atoms with van der Waals surface area (Å²) >= 11 is 0. The summed E-state index contributed by atoms with van der Waals surface area (Å²) in [4.78, 5) is 10.5. The van der Waals surface area contributed by atoms with E-state index in [0.717, 1.165) is 19.1 Å². The van der Waals surface area contributed by atoms with Crippen LogP contribution in [0, 0.1) is 0 Å². The number of carbonyl (C=O) groups is 1. The smallest absolute Gasteiger partial charge is 0.504 e. The number of hydrogen-bond acceptors (Lipinski definition) is 4. The third kappa shape index (κ3) is 3.68. The van der Waals surface area contributed by atoms with Crippen LogP contribution in [0.15, 0.2) is 18.2 Å². The minimum absolute atomic E-state index is 0.234. The Morgan fingerprint density at radius 3 is 2.44 bits per heavy atom. The molecule has 0 unspecified atom stereocenters. The van der Waals surface area contributed by atoms with Crippen LogP contribution in [0.2, 0.25) is 0 Å². The summed E-state index contributed by atoms with van der Waals surface area (Å²) < 4.78 is 43.4. The predicted octanol–water partition coefficient (Wildman–Crippen LogP) is 2.22. The average Bonchev–Trinajstić information content (AvgIpc) is 2.06. The number of halogens is 3. The quantitative estimate of drug-likeness (QED) is 0.631. The van der Waals surface area contributed by atoms with Crippen LogP contribution in [0.1, 0.15) is 6.92 Å². The molecule has 88 valence electrons. The molecule has 0 aliphatic heterocycles. The van der Waals surface area contributed by atoms with E-state index < -0.39 is 23.8 Å². The lowest BCUT2D eigenvalue weighted by molar-refractivity contribution is -0.274. The maximum atomic E-state index is 11.8. The van der Waals surface area contributed by atoms with Gasteiger partial charge in [0, 0.05) is 13.0 Å². The molecule has 0 atom stereocenters. The molecule has 1 aromatic carbocycles. The number of rotatable bonds is 2. The zero-order valence-electron chi connectivity index (χ0n) is 8.04. The number of alkyl halides is 3. The molecular formula is C9H7F3O4. The second-order valence-electron chi connectivity index (χ2n) is 2.77. The first-order valence-corrected chi connectivity index (χ1v) is 4.05. The Balaban J connectivity index is 2.87. The highest BCUT2D eigenvalue weighted by Gasteiger charge is 2.31. The van der Waals surface area contributed by atoms with Crippen LogP contribution in [0.25, 0.3) is 0 Å². The van der Waals surface area contributed by atoms with Crippen molar-refractivity contribution in [1.82, 2.24) is 0 Å². The Morgan fingerprint density at radius 1 is 1.38 bits per heavy atom. The van der Waals surface area contributed by atoms with E-state index in [1.807, 2.05) is 0 Å². The van der Waals surface area contributed by atoms with Gasteiger partial charge in [0.15, 0.2) is 11.5 Å². The van der Waals surface area contributed by atoms with E-state index in [0.29, 0.717) is 6.07 Å². The maximum absolute atomic E-state index is 11.8. The highest BCUT2D eigenvalue weighted by atomic mass is 19.4. The SMILES string of the molecule is CC(=O)Oc1ccc(OC(F)(F)F)cc1O. The summed E-state index contributed by atoms with van der Waals surface area (Å²) in [7, 11) is 0. The molecule has 0 aliphatic carbocycles. The standard InChI is InChI=1S/C9H7F3O4/c1-5(13)15-8-3-2-6(4-7(8)14)16-9(10,11)12/h2-4,14H,1H3. The van der Waals surface area contributed by atoms with E-state index in [4.69, 9.17) is 0 Å². The topological polar surface area (TPSA) is 55.8 Å². The van der Waals surface area contributed by atoms with E-state index in [9.17, 15) is 23.1 Å². The number of benzene rings is 1. The lowest BCUT2D eigenvalue weighted by Crippen LogP contribution is -2.17. The number of phenols is 1. The summed E-state index contributed by atoms with van der Waals surface area (Å²) in [6, 6.07) is 2.62. The van der Waals surface area contributed by atoms with Crippen molar-refractivity contribution in [2.24, 2.45) is 0 Å². The second-order valence-corrected chi connectivity index (χ2v) is 2.77. The molecule has 0 spiro atoms. The zero-order valence-corrected chi connectivity index (χ0v) is 8.04. The van der Waals surface area contributed by atoms with Crippen LogP contribution in [0.3, 0.4) is 0 Å². The average molecular weight is 236 g/mol. The van der Waals surface area contributed by atoms with Crippen molar-refractivity contribution < 1.29 is 32.5 Å². The van der Waals surface area contributed by atoms with Crippen LogP contribution in [-0.2, 0) is 4.79 Å². The normalized spacial score (nSPS) is 11.0. The highest BCUT2D eigenvalue weighted by Crippen LogP contribution is 2.32. The first-order chi connectivity index (χ1) is 7.28. The first kappa shape index (κ1) is 12.2. The third-order valence-corrected chi connectivity index (χ3v) is 1.42. The van der Waals surface area contributed by atoms with Gasteiger partial charge in [-0.1, -0.05) is 0 Å². The van der Waals surface area contributed by atoms with Crippen molar-refractivity contribution >= 4 is 5.97 Å². The molecule has 0 amide bonds. The zero-order chi connectivity index (χ0) is 12.3. The summed E-state index contributed by atoms with van der Waals surface area (Å²) in [5.74, 6) is -2.14. The molecule has 0 bridgehead atoms. The number of aromatic hydroxyl groups is 1. The summed E-state index contributed by atoms with van der Waals surface area (Å²) in [5, 5.41) is 9.21. The lowest BCUT2D eigenvalue weighted by atomic mass is 10.3. The predicted molar refractivity (Wildman–Crippen MR) is 46.1 cm³/mol. The van der Waals surface area contributed by atoms with Gasteiger partial charge in [-0.05, 0) is 12.1 Å². The van der Waals surface area contributed by atoms with Gasteiger partial charge in [-0.2, -0.15) is 0 Å². The minimum atomic E-state index is -4.84. The Morgan fingerprint density at radius 2 is 2.00 bits per heavy atom. The number of phenolic OH excluding ortho intramolecular Hbond substituents is 1. The Kier molecular flexibility index (Phi) is 3.26. The van der Waals surface area contributed by atoms with Gasteiger partial charge < -0.3 is 14.6 Å². The molecule has 0 aromatic heterocycles. The van der Waals surface area contributed by atoms with Gasteiger partial charge >= 0.3 is 12.3 Å². The Bertz CT molecular complexity index is 400. The summed E-state index contributed by atoms with van der Waals surface area (Å²) in [5.41, 5.74) is 0. The van der Waals surface area contributed by atoms with Gasteiger partial charge in [0.05, 0.1) is 0 Å².